The van der Waals surface area contributed by atoms with E-state index in [1.807, 2.05) is 43.3 Å². The number of aromatic nitrogens is 1. The van der Waals surface area contributed by atoms with Crippen LogP contribution in [0.3, 0.4) is 0 Å². The Bertz CT molecular complexity index is 1280. The molecule has 0 aliphatic heterocycles. The van der Waals surface area contributed by atoms with Crippen LogP contribution in [-0.2, 0) is 0 Å². The molecule has 7 heteroatoms. The SMILES string of the molecule is COc1cc(Cl)c2[nH]c(=O)c3c(OC)cccc3c2c1-c1ccc([C@@H](C)N)cc1.Cl. The summed E-state index contributed by atoms with van der Waals surface area (Å²) in [5, 5.41) is 2.43. The van der Waals surface area contributed by atoms with Gasteiger partial charge in [0, 0.05) is 28.4 Å². The number of ether oxygens (including phenoxy) is 2. The Morgan fingerprint density at radius 3 is 2.27 bits per heavy atom. The number of benzene rings is 3. The number of halogens is 2. The van der Waals surface area contributed by atoms with Crippen LogP contribution >= 0.6 is 24.0 Å². The fourth-order valence-electron chi connectivity index (χ4n) is 3.74. The van der Waals surface area contributed by atoms with Crippen LogP contribution in [0.2, 0.25) is 5.02 Å². The lowest BCUT2D eigenvalue weighted by molar-refractivity contribution is 0.417. The Balaban J connectivity index is 0.00000256. The highest BCUT2D eigenvalue weighted by atomic mass is 35.5. The molecule has 0 aliphatic rings. The Morgan fingerprint density at radius 2 is 1.67 bits per heavy atom. The van der Waals surface area contributed by atoms with Gasteiger partial charge in [-0.2, -0.15) is 0 Å². The summed E-state index contributed by atoms with van der Waals surface area (Å²) in [6.45, 7) is 1.94. The number of hydrogen-bond acceptors (Lipinski definition) is 4. The summed E-state index contributed by atoms with van der Waals surface area (Å²) in [6, 6.07) is 15.2. The van der Waals surface area contributed by atoms with E-state index in [2.05, 4.69) is 4.98 Å². The highest BCUT2D eigenvalue weighted by Crippen LogP contribution is 2.43. The van der Waals surface area contributed by atoms with E-state index in [1.54, 1.807) is 26.4 Å². The summed E-state index contributed by atoms with van der Waals surface area (Å²) >= 11 is 6.52. The van der Waals surface area contributed by atoms with Gasteiger partial charge in [0.15, 0.2) is 0 Å². The van der Waals surface area contributed by atoms with Crippen molar-refractivity contribution in [2.45, 2.75) is 13.0 Å². The smallest absolute Gasteiger partial charge is 0.260 e. The van der Waals surface area contributed by atoms with Crippen LogP contribution < -0.4 is 20.8 Å². The maximum absolute atomic E-state index is 12.8. The molecule has 0 saturated carbocycles. The van der Waals surface area contributed by atoms with Crippen molar-refractivity contribution >= 4 is 45.7 Å². The van der Waals surface area contributed by atoms with E-state index >= 15 is 0 Å². The Kier molecular flexibility index (Phi) is 6.27. The molecular weight excluding hydrogens is 423 g/mol. The highest BCUT2D eigenvalue weighted by Gasteiger charge is 2.20. The molecule has 0 bridgehead atoms. The zero-order chi connectivity index (χ0) is 20.7. The number of H-pyrrole nitrogens is 1. The summed E-state index contributed by atoms with van der Waals surface area (Å²) in [7, 11) is 3.15. The third kappa shape index (κ3) is 3.49. The summed E-state index contributed by atoms with van der Waals surface area (Å²) in [6.07, 6.45) is 0. The van der Waals surface area contributed by atoms with Gasteiger partial charge in [0.2, 0.25) is 0 Å². The molecule has 0 aliphatic carbocycles. The van der Waals surface area contributed by atoms with Gasteiger partial charge in [0.25, 0.3) is 5.56 Å². The van der Waals surface area contributed by atoms with Crippen molar-refractivity contribution < 1.29 is 9.47 Å². The zero-order valence-electron chi connectivity index (χ0n) is 16.8. The van der Waals surface area contributed by atoms with E-state index in [1.165, 1.54) is 0 Å². The number of fused-ring (bicyclic) bond motifs is 3. The minimum atomic E-state index is -0.254. The maximum atomic E-state index is 12.8. The molecule has 5 nitrogen and oxygen atoms in total. The number of aromatic amines is 1. The van der Waals surface area contributed by atoms with Crippen LogP contribution in [0.15, 0.2) is 53.3 Å². The molecule has 0 saturated heterocycles. The number of rotatable bonds is 4. The van der Waals surface area contributed by atoms with E-state index in [0.717, 1.165) is 27.5 Å². The van der Waals surface area contributed by atoms with E-state index in [-0.39, 0.29) is 24.0 Å². The first-order valence-corrected chi connectivity index (χ1v) is 9.59. The highest BCUT2D eigenvalue weighted by molar-refractivity contribution is 6.37. The second-order valence-electron chi connectivity index (χ2n) is 6.93. The van der Waals surface area contributed by atoms with Crippen molar-refractivity contribution in [3.63, 3.8) is 0 Å². The lowest BCUT2D eigenvalue weighted by Gasteiger charge is -2.17. The predicted octanol–water partition coefficient (Wildman–Crippen LogP) is 5.46. The molecule has 30 heavy (non-hydrogen) atoms. The molecule has 3 N–H and O–H groups in total. The van der Waals surface area contributed by atoms with E-state index in [9.17, 15) is 4.79 Å². The first-order chi connectivity index (χ1) is 14.0. The average Bonchev–Trinajstić information content (AvgIpc) is 2.73. The monoisotopic (exact) mass is 444 g/mol. The fraction of sp³-hybridized carbons (Fsp3) is 0.174. The van der Waals surface area contributed by atoms with Crippen LogP contribution in [0.1, 0.15) is 18.5 Å². The van der Waals surface area contributed by atoms with E-state index in [4.69, 9.17) is 26.8 Å². The molecule has 4 aromatic rings. The Morgan fingerprint density at radius 1 is 1.00 bits per heavy atom. The van der Waals surface area contributed by atoms with Crippen LogP contribution in [0, 0.1) is 0 Å². The topological polar surface area (TPSA) is 77.3 Å². The third-order valence-corrected chi connectivity index (χ3v) is 5.47. The number of nitrogens with two attached hydrogens (primary N) is 1. The fourth-order valence-corrected chi connectivity index (χ4v) is 3.98. The summed E-state index contributed by atoms with van der Waals surface area (Å²) in [5.41, 5.74) is 9.11. The van der Waals surface area contributed by atoms with Gasteiger partial charge in [-0.15, -0.1) is 12.4 Å². The van der Waals surface area contributed by atoms with Crippen molar-refractivity contribution in [2.75, 3.05) is 14.2 Å². The molecule has 0 fully saturated rings. The molecule has 0 radical (unpaired) electrons. The van der Waals surface area contributed by atoms with Crippen molar-refractivity contribution in [3.8, 4) is 22.6 Å². The molecule has 156 valence electrons. The molecular formula is C23H22Cl2N2O3. The quantitative estimate of drug-likeness (QED) is 0.409. The standard InChI is InChI=1S/C23H21ClN2O3.ClH/c1-12(25)13-7-9-14(10-8-13)19-18(29-3)11-16(24)22-21(19)15-5-4-6-17(28-2)20(15)23(27)26-22;/h4-12H,25H2,1-3H3,(H,26,27);1H/t12-;/m1./s1. The lowest BCUT2D eigenvalue weighted by atomic mass is 9.94. The molecule has 3 aromatic carbocycles. The van der Waals surface area contributed by atoms with Gasteiger partial charge in [0.1, 0.15) is 11.5 Å². The molecule has 0 spiro atoms. The molecule has 1 atom stereocenters. The lowest BCUT2D eigenvalue weighted by Crippen LogP contribution is -2.09. The van der Waals surface area contributed by atoms with Gasteiger partial charge in [-0.05, 0) is 24.1 Å². The first kappa shape index (κ1) is 22.0. The van der Waals surface area contributed by atoms with Crippen LogP contribution in [0.5, 0.6) is 11.5 Å². The largest absolute Gasteiger partial charge is 0.496 e. The Hall–Kier alpha value is -2.73. The van der Waals surface area contributed by atoms with Gasteiger partial charge >= 0.3 is 0 Å². The molecule has 0 unspecified atom stereocenters. The minimum Gasteiger partial charge on any atom is -0.496 e. The van der Waals surface area contributed by atoms with Crippen LogP contribution in [0.4, 0.5) is 0 Å². The average molecular weight is 445 g/mol. The van der Waals surface area contributed by atoms with Crippen molar-refractivity contribution in [1.29, 1.82) is 0 Å². The van der Waals surface area contributed by atoms with E-state index in [0.29, 0.717) is 27.4 Å². The van der Waals surface area contributed by atoms with Gasteiger partial charge in [-0.3, -0.25) is 4.79 Å². The number of hydrogen-bond donors (Lipinski definition) is 2. The van der Waals surface area contributed by atoms with Crippen molar-refractivity contribution in [2.24, 2.45) is 5.73 Å². The normalized spacial score (nSPS) is 11.9. The van der Waals surface area contributed by atoms with Gasteiger partial charge in [-0.1, -0.05) is 48.0 Å². The van der Waals surface area contributed by atoms with Gasteiger partial charge in [-0.25, -0.2) is 0 Å². The number of pyridine rings is 1. The zero-order valence-corrected chi connectivity index (χ0v) is 18.4. The van der Waals surface area contributed by atoms with Crippen molar-refractivity contribution in [3.05, 3.63) is 69.5 Å². The summed E-state index contributed by atoms with van der Waals surface area (Å²) < 4.78 is 11.1. The summed E-state index contributed by atoms with van der Waals surface area (Å²) in [4.78, 5) is 15.7. The number of nitrogens with one attached hydrogen (secondary N) is 1. The second-order valence-corrected chi connectivity index (χ2v) is 7.34. The van der Waals surface area contributed by atoms with Crippen LogP contribution in [0.25, 0.3) is 32.8 Å². The minimum absolute atomic E-state index is 0. The van der Waals surface area contributed by atoms with Gasteiger partial charge in [0.05, 0.1) is 30.1 Å². The molecule has 0 amide bonds. The second kappa shape index (κ2) is 8.56. The third-order valence-electron chi connectivity index (χ3n) is 5.17. The first-order valence-electron chi connectivity index (χ1n) is 9.21. The van der Waals surface area contributed by atoms with Gasteiger partial charge < -0.3 is 20.2 Å². The molecule has 1 aromatic heterocycles. The number of methoxy groups -OCH3 is 2. The maximum Gasteiger partial charge on any atom is 0.260 e. The van der Waals surface area contributed by atoms with Crippen LogP contribution in [-0.4, -0.2) is 19.2 Å². The summed E-state index contributed by atoms with van der Waals surface area (Å²) in [5.74, 6) is 1.12. The Labute approximate surface area is 185 Å². The van der Waals surface area contributed by atoms with E-state index < -0.39 is 0 Å². The molecule has 1 heterocycles. The predicted molar refractivity (Wildman–Crippen MR) is 125 cm³/mol. The van der Waals surface area contributed by atoms with Crippen molar-refractivity contribution in [1.82, 2.24) is 4.98 Å². The molecule has 4 rings (SSSR count).